The summed E-state index contributed by atoms with van der Waals surface area (Å²) in [4.78, 5) is 36.7. The van der Waals surface area contributed by atoms with Crippen LogP contribution in [0.2, 0.25) is 0 Å². The highest BCUT2D eigenvalue weighted by molar-refractivity contribution is 5.82. The molecule has 0 unspecified atom stereocenters. The highest BCUT2D eigenvalue weighted by atomic mass is 16.6. The summed E-state index contributed by atoms with van der Waals surface area (Å²) in [5, 5.41) is 2.33. The minimum absolute atomic E-state index is 0.0702. The van der Waals surface area contributed by atoms with Crippen molar-refractivity contribution in [3.05, 3.63) is 35.9 Å². The Hall–Kier alpha value is -2.77. The quantitative estimate of drug-likeness (QED) is 0.658. The van der Waals surface area contributed by atoms with Crippen LogP contribution in [0.25, 0.3) is 0 Å². The van der Waals surface area contributed by atoms with E-state index in [-0.39, 0.29) is 19.6 Å². The number of esters is 1. The highest BCUT2D eigenvalue weighted by Gasteiger charge is 2.42. The van der Waals surface area contributed by atoms with Gasteiger partial charge >= 0.3 is 18.2 Å². The maximum Gasteiger partial charge on any atom is 0.410 e. The number of rotatable bonds is 4. The number of likely N-dealkylation sites (tertiary alicyclic amines) is 1. The van der Waals surface area contributed by atoms with Crippen molar-refractivity contribution in [2.75, 3.05) is 20.7 Å². The molecule has 1 aromatic carbocycles. The zero-order chi connectivity index (χ0) is 17.5. The molecule has 0 spiro atoms. The number of hydrogen-bond donors (Lipinski definition) is 1. The van der Waals surface area contributed by atoms with E-state index in [0.29, 0.717) is 0 Å². The molecule has 8 nitrogen and oxygen atoms in total. The molecule has 0 aliphatic carbocycles. The first-order valence-electron chi connectivity index (χ1n) is 7.48. The van der Waals surface area contributed by atoms with Gasteiger partial charge in [0.05, 0.1) is 13.7 Å². The minimum atomic E-state index is -0.840. The Morgan fingerprint density at radius 1 is 1.25 bits per heavy atom. The zero-order valence-electron chi connectivity index (χ0n) is 13.6. The van der Waals surface area contributed by atoms with E-state index in [1.807, 2.05) is 30.3 Å². The van der Waals surface area contributed by atoms with Crippen LogP contribution in [0.1, 0.15) is 12.0 Å². The molecule has 0 aromatic heterocycles. The van der Waals surface area contributed by atoms with E-state index in [1.165, 1.54) is 19.1 Å². The molecule has 1 aromatic rings. The lowest BCUT2D eigenvalue weighted by Gasteiger charge is -2.21. The van der Waals surface area contributed by atoms with Gasteiger partial charge in [0.15, 0.2) is 0 Å². The summed E-state index contributed by atoms with van der Waals surface area (Å²) in [6, 6.07) is 8.35. The predicted molar refractivity (Wildman–Crippen MR) is 83.1 cm³/mol. The van der Waals surface area contributed by atoms with E-state index in [0.717, 1.165) is 5.56 Å². The summed E-state index contributed by atoms with van der Waals surface area (Å²) in [7, 11) is 2.67. The predicted octanol–water partition coefficient (Wildman–Crippen LogP) is 1.30. The Morgan fingerprint density at radius 2 is 1.96 bits per heavy atom. The summed E-state index contributed by atoms with van der Waals surface area (Å²) >= 11 is 0. The monoisotopic (exact) mass is 336 g/mol. The van der Waals surface area contributed by atoms with Gasteiger partial charge in [-0.25, -0.2) is 14.4 Å². The standard InChI is InChI=1S/C16H20N2O6/c1-17-15(20)24-12-8-13(14(19)22-2)18(9-12)16(21)23-10-11-6-4-3-5-7-11/h3-7,12-13H,8-10H2,1-2H3,(H,17,20)/t12-,13-/m0/s1. The lowest BCUT2D eigenvalue weighted by molar-refractivity contribution is -0.145. The van der Waals surface area contributed by atoms with Crippen molar-refractivity contribution in [2.45, 2.75) is 25.2 Å². The van der Waals surface area contributed by atoms with Crippen molar-refractivity contribution in [2.24, 2.45) is 0 Å². The van der Waals surface area contributed by atoms with Crippen LogP contribution in [0.15, 0.2) is 30.3 Å². The second kappa shape index (κ2) is 8.19. The summed E-state index contributed by atoms with van der Waals surface area (Å²) in [6.45, 7) is 0.159. The first-order chi connectivity index (χ1) is 11.5. The Labute approximate surface area is 139 Å². The summed E-state index contributed by atoms with van der Waals surface area (Å²) in [5.41, 5.74) is 0.831. The van der Waals surface area contributed by atoms with Crippen LogP contribution in [0.4, 0.5) is 9.59 Å². The molecule has 2 rings (SSSR count). The molecule has 1 N–H and O–H groups in total. The van der Waals surface area contributed by atoms with Crippen LogP contribution in [-0.4, -0.2) is 55.9 Å². The second-order valence-corrected chi connectivity index (χ2v) is 5.24. The maximum atomic E-state index is 12.3. The fourth-order valence-corrected chi connectivity index (χ4v) is 2.46. The van der Waals surface area contributed by atoms with Crippen LogP contribution in [0.3, 0.4) is 0 Å². The number of carbonyl (C=O) groups excluding carboxylic acids is 3. The molecule has 130 valence electrons. The van der Waals surface area contributed by atoms with Gasteiger partial charge in [0.1, 0.15) is 18.8 Å². The summed E-state index contributed by atoms with van der Waals surface area (Å²) in [5.74, 6) is -0.574. The molecule has 1 aliphatic heterocycles. The minimum Gasteiger partial charge on any atom is -0.467 e. The van der Waals surface area contributed by atoms with Crippen molar-refractivity contribution in [1.82, 2.24) is 10.2 Å². The fraction of sp³-hybridized carbons (Fsp3) is 0.438. The normalized spacial score (nSPS) is 19.5. The Kier molecular flexibility index (Phi) is 6.00. The largest absolute Gasteiger partial charge is 0.467 e. The van der Waals surface area contributed by atoms with Crippen LogP contribution in [0.5, 0.6) is 0 Å². The third-order valence-electron chi connectivity index (χ3n) is 3.65. The number of benzene rings is 1. The molecule has 2 atom stereocenters. The van der Waals surface area contributed by atoms with Crippen molar-refractivity contribution in [1.29, 1.82) is 0 Å². The third-order valence-corrected chi connectivity index (χ3v) is 3.65. The van der Waals surface area contributed by atoms with E-state index in [4.69, 9.17) is 14.2 Å². The number of amides is 2. The van der Waals surface area contributed by atoms with Gasteiger partial charge in [-0.1, -0.05) is 30.3 Å². The first-order valence-corrected chi connectivity index (χ1v) is 7.48. The van der Waals surface area contributed by atoms with Gasteiger partial charge < -0.3 is 19.5 Å². The van der Waals surface area contributed by atoms with Gasteiger partial charge in [0.25, 0.3) is 0 Å². The average molecular weight is 336 g/mol. The van der Waals surface area contributed by atoms with Crippen LogP contribution in [0, 0.1) is 0 Å². The van der Waals surface area contributed by atoms with Gasteiger partial charge in [-0.15, -0.1) is 0 Å². The average Bonchev–Trinajstić information content (AvgIpc) is 3.03. The molecule has 8 heteroatoms. The molecule has 24 heavy (non-hydrogen) atoms. The number of nitrogens with one attached hydrogen (secondary N) is 1. The van der Waals surface area contributed by atoms with Gasteiger partial charge in [-0.2, -0.15) is 0 Å². The summed E-state index contributed by atoms with van der Waals surface area (Å²) in [6.07, 6.45) is -1.71. The Bertz CT molecular complexity index is 591. The summed E-state index contributed by atoms with van der Waals surface area (Å²) < 4.78 is 15.1. The third kappa shape index (κ3) is 4.37. The Balaban J connectivity index is 1.99. The van der Waals surface area contributed by atoms with E-state index < -0.39 is 30.3 Å². The molecule has 1 fully saturated rings. The second-order valence-electron chi connectivity index (χ2n) is 5.24. The van der Waals surface area contributed by atoms with Crippen molar-refractivity contribution in [3.8, 4) is 0 Å². The highest BCUT2D eigenvalue weighted by Crippen LogP contribution is 2.23. The fourth-order valence-electron chi connectivity index (χ4n) is 2.46. The smallest absolute Gasteiger partial charge is 0.410 e. The van der Waals surface area contributed by atoms with Crippen LogP contribution < -0.4 is 5.32 Å². The number of methoxy groups -OCH3 is 1. The first kappa shape index (κ1) is 17.6. The number of carbonyl (C=O) groups is 3. The van der Waals surface area contributed by atoms with E-state index in [9.17, 15) is 14.4 Å². The lowest BCUT2D eigenvalue weighted by atomic mass is 10.2. The van der Waals surface area contributed by atoms with E-state index in [1.54, 1.807) is 0 Å². The SMILES string of the molecule is CNC(=O)O[C@H]1C[C@@H](C(=O)OC)N(C(=O)OCc2ccccc2)C1. The molecule has 1 aliphatic rings. The molecule has 0 bridgehead atoms. The topological polar surface area (TPSA) is 94.2 Å². The molecule has 1 heterocycles. The Morgan fingerprint density at radius 3 is 2.58 bits per heavy atom. The van der Waals surface area contributed by atoms with E-state index in [2.05, 4.69) is 5.32 Å². The molecule has 2 amide bonds. The number of nitrogens with zero attached hydrogens (tertiary/aromatic N) is 1. The molecule has 0 saturated carbocycles. The zero-order valence-corrected chi connectivity index (χ0v) is 13.6. The van der Waals surface area contributed by atoms with Gasteiger partial charge in [0.2, 0.25) is 0 Å². The van der Waals surface area contributed by atoms with Crippen LogP contribution >= 0.6 is 0 Å². The molecular weight excluding hydrogens is 316 g/mol. The number of ether oxygens (including phenoxy) is 3. The van der Waals surface area contributed by atoms with E-state index >= 15 is 0 Å². The van der Waals surface area contributed by atoms with Gasteiger partial charge in [0, 0.05) is 13.5 Å². The molecular formula is C16H20N2O6. The van der Waals surface area contributed by atoms with Gasteiger partial charge in [-0.05, 0) is 5.56 Å². The van der Waals surface area contributed by atoms with Gasteiger partial charge in [-0.3, -0.25) is 4.90 Å². The van der Waals surface area contributed by atoms with Crippen molar-refractivity contribution < 1.29 is 28.6 Å². The molecule has 0 radical (unpaired) electrons. The lowest BCUT2D eigenvalue weighted by Crippen LogP contribution is -2.41. The maximum absolute atomic E-state index is 12.3. The van der Waals surface area contributed by atoms with Crippen LogP contribution in [-0.2, 0) is 25.6 Å². The molecule has 1 saturated heterocycles. The number of hydrogen-bond acceptors (Lipinski definition) is 6. The van der Waals surface area contributed by atoms with Crippen molar-refractivity contribution >= 4 is 18.2 Å². The van der Waals surface area contributed by atoms with Crippen molar-refractivity contribution in [3.63, 3.8) is 0 Å². The number of alkyl carbamates (subject to hydrolysis) is 1.